The second-order valence-electron chi connectivity index (χ2n) is 5.69. The van der Waals surface area contributed by atoms with Gasteiger partial charge in [-0.15, -0.1) is 0 Å². The van der Waals surface area contributed by atoms with E-state index in [1.165, 1.54) is 0 Å². The fourth-order valence-corrected chi connectivity index (χ4v) is 2.49. The molecule has 0 aliphatic rings. The van der Waals surface area contributed by atoms with Gasteiger partial charge in [-0.2, -0.15) is 0 Å². The maximum atomic E-state index is 12.2. The average Bonchev–Trinajstić information content (AvgIpc) is 2.72. The molecule has 7 nitrogen and oxygen atoms in total. The summed E-state index contributed by atoms with van der Waals surface area (Å²) >= 11 is 0. The van der Waals surface area contributed by atoms with Crippen molar-refractivity contribution in [3.05, 3.63) is 53.6 Å². The molecule has 0 atom stereocenters. The van der Waals surface area contributed by atoms with Crippen molar-refractivity contribution in [3.63, 3.8) is 0 Å². The number of ether oxygens (including phenoxy) is 4. The van der Waals surface area contributed by atoms with E-state index >= 15 is 0 Å². The first kappa shape index (κ1) is 21.1. The number of benzene rings is 2. The Morgan fingerprint density at radius 1 is 0.929 bits per heavy atom. The van der Waals surface area contributed by atoms with E-state index in [4.69, 9.17) is 18.9 Å². The lowest BCUT2D eigenvalue weighted by atomic mass is 10.2. The van der Waals surface area contributed by atoms with Gasteiger partial charge in [0.2, 0.25) is 0 Å². The molecule has 0 fully saturated rings. The minimum absolute atomic E-state index is 0.276. The van der Waals surface area contributed by atoms with E-state index in [2.05, 4.69) is 5.32 Å². The lowest BCUT2D eigenvalue weighted by Crippen LogP contribution is -2.28. The van der Waals surface area contributed by atoms with E-state index in [0.717, 1.165) is 5.56 Å². The second-order valence-corrected chi connectivity index (χ2v) is 5.69. The van der Waals surface area contributed by atoms with E-state index in [1.807, 2.05) is 38.1 Å². The van der Waals surface area contributed by atoms with Crippen LogP contribution in [0.25, 0.3) is 0 Å². The third kappa shape index (κ3) is 5.90. The Morgan fingerprint density at radius 2 is 1.64 bits per heavy atom. The summed E-state index contributed by atoms with van der Waals surface area (Å²) in [6.07, 6.45) is 0. The molecule has 7 heteroatoms. The highest BCUT2D eigenvalue weighted by Gasteiger charge is 2.14. The summed E-state index contributed by atoms with van der Waals surface area (Å²) in [7, 11) is 1.57. The van der Waals surface area contributed by atoms with Crippen molar-refractivity contribution in [1.29, 1.82) is 0 Å². The molecule has 0 radical (unpaired) electrons. The van der Waals surface area contributed by atoms with Gasteiger partial charge in [-0.1, -0.05) is 18.2 Å². The predicted octanol–water partition coefficient (Wildman–Crippen LogP) is 2.97. The molecule has 0 aromatic heterocycles. The molecule has 0 aliphatic heterocycles. The fourth-order valence-electron chi connectivity index (χ4n) is 2.49. The number of nitrogens with one attached hydrogen (secondary N) is 1. The molecule has 0 bridgehead atoms. The predicted molar refractivity (Wildman–Crippen MR) is 104 cm³/mol. The van der Waals surface area contributed by atoms with Crippen molar-refractivity contribution >= 4 is 11.9 Å². The van der Waals surface area contributed by atoms with Crippen LogP contribution >= 0.6 is 0 Å². The van der Waals surface area contributed by atoms with Gasteiger partial charge in [-0.25, -0.2) is 4.79 Å². The van der Waals surface area contributed by atoms with E-state index in [-0.39, 0.29) is 18.7 Å². The topological polar surface area (TPSA) is 83.1 Å². The number of carbonyl (C=O) groups is 2. The van der Waals surface area contributed by atoms with Crippen molar-refractivity contribution in [1.82, 2.24) is 5.32 Å². The quantitative estimate of drug-likeness (QED) is 0.631. The van der Waals surface area contributed by atoms with Crippen LogP contribution < -0.4 is 19.5 Å². The van der Waals surface area contributed by atoms with Crippen molar-refractivity contribution in [3.8, 4) is 17.2 Å². The van der Waals surface area contributed by atoms with Crippen LogP contribution in [0.15, 0.2) is 42.5 Å². The first-order valence-electron chi connectivity index (χ1n) is 9.04. The molecule has 2 rings (SSSR count). The highest BCUT2D eigenvalue weighted by molar-refractivity contribution is 5.92. The Kier molecular flexibility index (Phi) is 8.14. The number of amides is 1. The normalized spacial score (nSPS) is 10.1. The molecule has 2 aromatic rings. The number of hydrogen-bond acceptors (Lipinski definition) is 6. The van der Waals surface area contributed by atoms with Crippen molar-refractivity contribution in [2.45, 2.75) is 20.4 Å². The van der Waals surface area contributed by atoms with Crippen molar-refractivity contribution < 1.29 is 28.5 Å². The highest BCUT2D eigenvalue weighted by Crippen LogP contribution is 2.28. The van der Waals surface area contributed by atoms with Crippen LogP contribution in [0.2, 0.25) is 0 Å². The van der Waals surface area contributed by atoms with E-state index < -0.39 is 11.9 Å². The standard InChI is InChI=1S/C21H25NO6/c1-4-26-18-11-10-15(12-19(18)27-5-2)21(24)28-14-20(23)22-13-16-8-6-7-9-17(16)25-3/h6-12H,4-5,13-14H2,1-3H3,(H,22,23). The lowest BCUT2D eigenvalue weighted by Gasteiger charge is -2.12. The first-order valence-corrected chi connectivity index (χ1v) is 9.04. The Morgan fingerprint density at radius 3 is 2.36 bits per heavy atom. The monoisotopic (exact) mass is 387 g/mol. The molecule has 1 amide bonds. The Bertz CT molecular complexity index is 805. The zero-order valence-corrected chi connectivity index (χ0v) is 16.3. The summed E-state index contributed by atoms with van der Waals surface area (Å²) in [5.41, 5.74) is 1.11. The van der Waals surface area contributed by atoms with E-state index in [9.17, 15) is 9.59 Å². The number of hydrogen-bond donors (Lipinski definition) is 1. The smallest absolute Gasteiger partial charge is 0.338 e. The summed E-state index contributed by atoms with van der Waals surface area (Å²) < 4.78 is 21.3. The molecule has 0 saturated carbocycles. The summed E-state index contributed by atoms with van der Waals surface area (Å²) in [5.74, 6) is 0.666. The van der Waals surface area contributed by atoms with Gasteiger partial charge in [0, 0.05) is 12.1 Å². The van der Waals surface area contributed by atoms with Crippen LogP contribution in [-0.2, 0) is 16.1 Å². The highest BCUT2D eigenvalue weighted by atomic mass is 16.5. The summed E-state index contributed by atoms with van der Waals surface area (Å²) in [4.78, 5) is 24.2. The van der Waals surface area contributed by atoms with Gasteiger partial charge >= 0.3 is 5.97 Å². The average molecular weight is 387 g/mol. The SMILES string of the molecule is CCOc1ccc(C(=O)OCC(=O)NCc2ccccc2OC)cc1OCC. The van der Waals surface area contributed by atoms with Crippen LogP contribution in [0.3, 0.4) is 0 Å². The molecule has 2 aromatic carbocycles. The zero-order chi connectivity index (χ0) is 20.4. The number of methoxy groups -OCH3 is 1. The molecular weight excluding hydrogens is 362 g/mol. The number of carbonyl (C=O) groups excluding carboxylic acids is 2. The lowest BCUT2D eigenvalue weighted by molar-refractivity contribution is -0.124. The molecule has 150 valence electrons. The molecule has 0 unspecified atom stereocenters. The second kappa shape index (κ2) is 10.8. The Labute approximate surface area is 164 Å². The van der Waals surface area contributed by atoms with Crippen LogP contribution in [0.1, 0.15) is 29.8 Å². The van der Waals surface area contributed by atoms with E-state index in [1.54, 1.807) is 25.3 Å². The van der Waals surface area contributed by atoms with Crippen LogP contribution in [0.5, 0.6) is 17.2 Å². The third-order valence-electron chi connectivity index (χ3n) is 3.78. The Hall–Kier alpha value is -3.22. The first-order chi connectivity index (χ1) is 13.6. The number of esters is 1. The summed E-state index contributed by atoms with van der Waals surface area (Å²) in [6.45, 7) is 4.51. The van der Waals surface area contributed by atoms with Gasteiger partial charge in [0.15, 0.2) is 18.1 Å². The summed E-state index contributed by atoms with van der Waals surface area (Å²) in [5, 5.41) is 2.70. The van der Waals surface area contributed by atoms with E-state index in [0.29, 0.717) is 30.5 Å². The molecular formula is C21H25NO6. The molecule has 28 heavy (non-hydrogen) atoms. The van der Waals surface area contributed by atoms with Crippen molar-refractivity contribution in [2.75, 3.05) is 26.9 Å². The number of para-hydroxylation sites is 1. The largest absolute Gasteiger partial charge is 0.496 e. The Balaban J connectivity index is 1.90. The molecule has 0 aliphatic carbocycles. The number of rotatable bonds is 10. The van der Waals surface area contributed by atoms with Gasteiger partial charge in [0.05, 0.1) is 25.9 Å². The van der Waals surface area contributed by atoms with Crippen LogP contribution in [0, 0.1) is 0 Å². The summed E-state index contributed by atoms with van der Waals surface area (Å²) in [6, 6.07) is 12.1. The van der Waals surface area contributed by atoms with Crippen LogP contribution in [-0.4, -0.2) is 38.8 Å². The maximum Gasteiger partial charge on any atom is 0.338 e. The van der Waals surface area contributed by atoms with Gasteiger partial charge in [-0.3, -0.25) is 4.79 Å². The minimum Gasteiger partial charge on any atom is -0.496 e. The molecule has 1 N–H and O–H groups in total. The van der Waals surface area contributed by atoms with Gasteiger partial charge < -0.3 is 24.3 Å². The third-order valence-corrected chi connectivity index (χ3v) is 3.78. The molecule has 0 spiro atoms. The van der Waals surface area contributed by atoms with Gasteiger partial charge in [0.1, 0.15) is 5.75 Å². The molecule has 0 saturated heterocycles. The van der Waals surface area contributed by atoms with Crippen molar-refractivity contribution in [2.24, 2.45) is 0 Å². The molecule has 0 heterocycles. The van der Waals surface area contributed by atoms with Gasteiger partial charge in [0.25, 0.3) is 5.91 Å². The maximum absolute atomic E-state index is 12.2. The van der Waals surface area contributed by atoms with Crippen LogP contribution in [0.4, 0.5) is 0 Å². The minimum atomic E-state index is -0.614. The van der Waals surface area contributed by atoms with Gasteiger partial charge in [-0.05, 0) is 38.1 Å². The fraction of sp³-hybridized carbons (Fsp3) is 0.333. The zero-order valence-electron chi connectivity index (χ0n) is 16.3.